The molecule has 0 fully saturated rings. The third kappa shape index (κ3) is 8.54. The summed E-state index contributed by atoms with van der Waals surface area (Å²) in [6, 6.07) is 32.8. The highest BCUT2D eigenvalue weighted by atomic mass is 31.2. The topological polar surface area (TPSA) is 18.5 Å². The lowest BCUT2D eigenvalue weighted by Gasteiger charge is -2.30. The molecule has 4 rings (SSSR count). The zero-order valence-corrected chi connectivity index (χ0v) is 30.0. The molecule has 44 heavy (non-hydrogen) atoms. The van der Waals surface area contributed by atoms with E-state index in [9.17, 15) is 0 Å². The zero-order valence-electron chi connectivity index (χ0n) is 29.1. The van der Waals surface area contributed by atoms with Crippen molar-refractivity contribution in [2.75, 3.05) is 0 Å². The summed E-state index contributed by atoms with van der Waals surface area (Å²) in [4.78, 5) is 0. The van der Waals surface area contributed by atoms with E-state index in [0.29, 0.717) is 6.16 Å². The van der Waals surface area contributed by atoms with E-state index in [-0.39, 0.29) is 21.7 Å². The zero-order chi connectivity index (χ0) is 32.5. The van der Waals surface area contributed by atoms with Crippen LogP contribution in [0.1, 0.15) is 111 Å². The lowest BCUT2D eigenvalue weighted by atomic mass is 9.80. The molecule has 0 aromatic heterocycles. The van der Waals surface area contributed by atoms with Gasteiger partial charge in [0.15, 0.2) is 0 Å². The van der Waals surface area contributed by atoms with Gasteiger partial charge in [-0.3, -0.25) is 0 Å². The molecule has 2 nitrogen and oxygen atoms in total. The van der Waals surface area contributed by atoms with Gasteiger partial charge in [0.25, 0.3) is 8.38 Å². The molecule has 0 heterocycles. The number of benzene rings is 4. The average Bonchev–Trinajstić information content (AvgIpc) is 2.91. The van der Waals surface area contributed by atoms with E-state index in [2.05, 4.69) is 174 Å². The second-order valence-electron chi connectivity index (χ2n) is 16.2. The average molecular weight is 609 g/mol. The molecule has 0 aliphatic rings. The molecule has 3 heteroatoms. The molecule has 0 N–H and O–H groups in total. The molecule has 0 saturated heterocycles. The molecule has 0 radical (unpaired) electrons. The predicted molar refractivity (Wildman–Crippen MR) is 191 cm³/mol. The third-order valence-corrected chi connectivity index (χ3v) is 9.48. The van der Waals surface area contributed by atoms with E-state index < -0.39 is 8.38 Å². The number of hydrogen-bond donors (Lipinski definition) is 0. The van der Waals surface area contributed by atoms with Crippen LogP contribution in [-0.2, 0) is 27.8 Å². The second-order valence-corrected chi connectivity index (χ2v) is 17.5. The lowest BCUT2D eigenvalue weighted by Crippen LogP contribution is -2.18. The first kappa shape index (κ1) is 33.8. The quantitative estimate of drug-likeness (QED) is 0.194. The fourth-order valence-electron chi connectivity index (χ4n) is 5.26. The first-order chi connectivity index (χ1) is 20.3. The summed E-state index contributed by atoms with van der Waals surface area (Å²) in [7, 11) is -1.37. The van der Waals surface area contributed by atoms with Crippen LogP contribution in [0.25, 0.3) is 11.1 Å². The van der Waals surface area contributed by atoms with Crippen LogP contribution in [0.5, 0.6) is 11.5 Å². The largest absolute Gasteiger partial charge is 0.438 e. The van der Waals surface area contributed by atoms with Crippen molar-refractivity contribution >= 4 is 8.38 Å². The first-order valence-electron chi connectivity index (χ1n) is 15.9. The molecule has 0 aliphatic carbocycles. The van der Waals surface area contributed by atoms with E-state index in [1.807, 2.05) is 0 Å². The predicted octanol–water partition coefficient (Wildman–Crippen LogP) is 12.5. The van der Waals surface area contributed by atoms with Crippen molar-refractivity contribution in [1.82, 2.24) is 0 Å². The van der Waals surface area contributed by atoms with Crippen molar-refractivity contribution in [3.05, 3.63) is 119 Å². The number of hydrogen-bond acceptors (Lipinski definition) is 2. The Balaban J connectivity index is 1.80. The Morgan fingerprint density at radius 3 is 1.34 bits per heavy atom. The van der Waals surface area contributed by atoms with Crippen molar-refractivity contribution in [2.24, 2.45) is 0 Å². The maximum Gasteiger partial charge on any atom is 0.295 e. The van der Waals surface area contributed by atoms with Gasteiger partial charge in [-0.2, -0.15) is 0 Å². The standard InChI is InChI=1S/C41H53O2P/c1-38(2,3)32-21-23-36(34(26-32)40(7,8)9)42-44(28-29-17-16-20-31(25-29)30-18-14-13-15-19-30)43-37-24-22-33(39(4,5)6)27-35(37)41(10,11)12/h13-27H,28H2,1-12H3. The maximum absolute atomic E-state index is 7.00. The van der Waals surface area contributed by atoms with Crippen LogP contribution in [0, 0.1) is 0 Å². The van der Waals surface area contributed by atoms with Crippen molar-refractivity contribution < 1.29 is 9.05 Å². The minimum atomic E-state index is -1.37. The normalized spacial score (nSPS) is 12.8. The van der Waals surface area contributed by atoms with E-state index in [1.165, 1.54) is 38.9 Å². The molecule has 234 valence electrons. The summed E-state index contributed by atoms with van der Waals surface area (Å²) in [5.74, 6) is 1.80. The Kier molecular flexibility index (Phi) is 9.77. The Morgan fingerprint density at radius 1 is 0.455 bits per heavy atom. The summed E-state index contributed by atoms with van der Waals surface area (Å²) < 4.78 is 14.0. The molecular formula is C41H53O2P. The smallest absolute Gasteiger partial charge is 0.295 e. The molecule has 4 aromatic carbocycles. The molecule has 0 bridgehead atoms. The van der Waals surface area contributed by atoms with Gasteiger partial charge in [-0.1, -0.05) is 162 Å². The molecule has 0 spiro atoms. The summed E-state index contributed by atoms with van der Waals surface area (Å²) in [5, 5.41) is 0. The highest BCUT2D eigenvalue weighted by Gasteiger charge is 2.29. The van der Waals surface area contributed by atoms with Crippen molar-refractivity contribution in [3.63, 3.8) is 0 Å². The minimum Gasteiger partial charge on any atom is -0.438 e. The van der Waals surface area contributed by atoms with Gasteiger partial charge in [-0.05, 0) is 61.6 Å². The van der Waals surface area contributed by atoms with Crippen LogP contribution in [-0.4, -0.2) is 0 Å². The fourth-order valence-corrected chi connectivity index (χ4v) is 6.67. The Labute approximate surface area is 269 Å². The minimum absolute atomic E-state index is 0.0497. The Morgan fingerprint density at radius 2 is 0.909 bits per heavy atom. The molecule has 4 aromatic rings. The van der Waals surface area contributed by atoms with Gasteiger partial charge in [0.1, 0.15) is 11.5 Å². The van der Waals surface area contributed by atoms with Crippen LogP contribution in [0.2, 0.25) is 0 Å². The molecule has 0 unspecified atom stereocenters. The maximum atomic E-state index is 7.00. The van der Waals surface area contributed by atoms with Crippen LogP contribution in [0.3, 0.4) is 0 Å². The molecule has 0 saturated carbocycles. The molecule has 0 amide bonds. The highest BCUT2D eigenvalue weighted by Crippen LogP contribution is 2.49. The summed E-state index contributed by atoms with van der Waals surface area (Å²) in [5.41, 5.74) is 8.56. The van der Waals surface area contributed by atoms with Gasteiger partial charge in [0, 0.05) is 11.1 Å². The van der Waals surface area contributed by atoms with E-state index >= 15 is 0 Å². The first-order valence-corrected chi connectivity index (χ1v) is 17.3. The lowest BCUT2D eigenvalue weighted by molar-refractivity contribution is 0.457. The van der Waals surface area contributed by atoms with Gasteiger partial charge in [0.05, 0.1) is 6.16 Å². The van der Waals surface area contributed by atoms with Crippen LogP contribution in [0.15, 0.2) is 91.0 Å². The second kappa shape index (κ2) is 12.7. The summed E-state index contributed by atoms with van der Waals surface area (Å²) in [6.07, 6.45) is 0.672. The summed E-state index contributed by atoms with van der Waals surface area (Å²) >= 11 is 0. The van der Waals surface area contributed by atoms with E-state index in [1.54, 1.807) is 0 Å². The Bertz CT molecular complexity index is 1480. The van der Waals surface area contributed by atoms with Crippen LogP contribution in [0.4, 0.5) is 0 Å². The van der Waals surface area contributed by atoms with Gasteiger partial charge in [-0.15, -0.1) is 0 Å². The number of rotatable bonds is 7. The third-order valence-electron chi connectivity index (χ3n) is 8.05. The van der Waals surface area contributed by atoms with Gasteiger partial charge in [-0.25, -0.2) is 0 Å². The van der Waals surface area contributed by atoms with Crippen molar-refractivity contribution in [3.8, 4) is 22.6 Å². The molecule has 0 aliphatic heterocycles. The van der Waals surface area contributed by atoms with E-state index in [4.69, 9.17) is 9.05 Å². The van der Waals surface area contributed by atoms with Gasteiger partial charge < -0.3 is 9.05 Å². The Hall–Kier alpha value is -3.09. The van der Waals surface area contributed by atoms with Crippen molar-refractivity contribution in [1.29, 1.82) is 0 Å². The van der Waals surface area contributed by atoms with Crippen LogP contribution < -0.4 is 9.05 Å². The van der Waals surface area contributed by atoms with Gasteiger partial charge in [0.2, 0.25) is 0 Å². The summed E-state index contributed by atoms with van der Waals surface area (Å²) in [6.45, 7) is 27.2. The van der Waals surface area contributed by atoms with E-state index in [0.717, 1.165) is 11.5 Å². The highest BCUT2D eigenvalue weighted by molar-refractivity contribution is 7.47. The monoisotopic (exact) mass is 608 g/mol. The molecular weight excluding hydrogens is 555 g/mol. The van der Waals surface area contributed by atoms with Crippen LogP contribution >= 0.6 is 8.38 Å². The molecule has 0 atom stereocenters. The SMILES string of the molecule is CC(C)(C)c1ccc(OP(Cc2cccc(-c3ccccc3)c2)Oc2ccc(C(C)(C)C)cc2C(C)(C)C)c(C(C)(C)C)c1. The fraction of sp³-hybridized carbons (Fsp3) is 0.415. The van der Waals surface area contributed by atoms with Crippen molar-refractivity contribution in [2.45, 2.75) is 111 Å². The van der Waals surface area contributed by atoms with Gasteiger partial charge >= 0.3 is 0 Å².